The van der Waals surface area contributed by atoms with Crippen LogP contribution in [0.15, 0.2) is 29.3 Å². The van der Waals surface area contributed by atoms with Gasteiger partial charge in [0.05, 0.1) is 12.2 Å². The maximum atomic E-state index is 10.0. The summed E-state index contributed by atoms with van der Waals surface area (Å²) in [5.41, 5.74) is 2.53. The number of aryl methyl sites for hydroxylation is 1. The van der Waals surface area contributed by atoms with Crippen molar-refractivity contribution in [2.24, 2.45) is 16.8 Å². The first-order valence-electron chi connectivity index (χ1n) is 10.6. The van der Waals surface area contributed by atoms with Crippen LogP contribution in [0.5, 0.6) is 0 Å². The number of halogens is 1. The van der Waals surface area contributed by atoms with Gasteiger partial charge in [0.2, 0.25) is 0 Å². The average Bonchev–Trinajstić information content (AvgIpc) is 3.10. The van der Waals surface area contributed by atoms with E-state index in [1.807, 2.05) is 0 Å². The Morgan fingerprint density at radius 3 is 2.54 bits per heavy atom. The molecule has 1 aliphatic heterocycles. The van der Waals surface area contributed by atoms with E-state index >= 15 is 0 Å². The van der Waals surface area contributed by atoms with Gasteiger partial charge in [-0.05, 0) is 45.1 Å². The van der Waals surface area contributed by atoms with Crippen LogP contribution in [0, 0.1) is 18.8 Å². The lowest BCUT2D eigenvalue weighted by molar-refractivity contribution is -0.0250. The number of hydrogen-bond acceptors (Lipinski definition) is 3. The number of benzene rings is 1. The van der Waals surface area contributed by atoms with Crippen molar-refractivity contribution in [1.82, 2.24) is 10.6 Å². The summed E-state index contributed by atoms with van der Waals surface area (Å²) in [6.45, 7) is 7.40. The molecule has 1 saturated heterocycles. The first kappa shape index (κ1) is 23.4. The summed E-state index contributed by atoms with van der Waals surface area (Å²) in [5.74, 6) is 1.59. The molecule has 1 saturated carbocycles. The quantitative estimate of drug-likeness (QED) is 0.315. The molecule has 1 aliphatic carbocycles. The third kappa shape index (κ3) is 6.59. The minimum atomic E-state index is -0.168. The molecule has 4 atom stereocenters. The summed E-state index contributed by atoms with van der Waals surface area (Å²) in [6, 6.07) is 8.69. The zero-order chi connectivity index (χ0) is 19.1. The number of aliphatic imine (C=N–C) groups is 1. The second kappa shape index (κ2) is 12.0. The van der Waals surface area contributed by atoms with E-state index < -0.39 is 0 Å². The van der Waals surface area contributed by atoms with Crippen LogP contribution in [0.25, 0.3) is 0 Å². The Morgan fingerprint density at radius 2 is 1.86 bits per heavy atom. The van der Waals surface area contributed by atoms with Crippen LogP contribution in [0.1, 0.15) is 56.3 Å². The van der Waals surface area contributed by atoms with E-state index in [0.29, 0.717) is 11.8 Å². The molecule has 3 N–H and O–H groups in total. The first-order valence-corrected chi connectivity index (χ1v) is 10.6. The monoisotopic (exact) mass is 501 g/mol. The molecule has 1 aromatic rings. The van der Waals surface area contributed by atoms with Gasteiger partial charge in [0.1, 0.15) is 0 Å². The van der Waals surface area contributed by atoms with Crippen molar-refractivity contribution in [2.45, 2.75) is 58.2 Å². The minimum Gasteiger partial charge on any atom is -0.393 e. The summed E-state index contributed by atoms with van der Waals surface area (Å²) < 4.78 is 6.12. The number of hydrogen-bond donors (Lipinski definition) is 3. The van der Waals surface area contributed by atoms with Gasteiger partial charge in [0.15, 0.2) is 5.96 Å². The first-order chi connectivity index (χ1) is 13.2. The van der Waals surface area contributed by atoms with Crippen LogP contribution in [0.3, 0.4) is 0 Å². The van der Waals surface area contributed by atoms with Crippen LogP contribution >= 0.6 is 24.0 Å². The van der Waals surface area contributed by atoms with Gasteiger partial charge in [0.25, 0.3) is 0 Å². The third-order valence-corrected chi connectivity index (χ3v) is 5.83. The Morgan fingerprint density at radius 1 is 1.11 bits per heavy atom. The number of nitrogens with one attached hydrogen (secondary N) is 2. The molecule has 0 radical (unpaired) electrons. The molecule has 1 aromatic carbocycles. The molecule has 2 fully saturated rings. The Balaban J connectivity index is 0.00000280. The lowest BCUT2D eigenvalue weighted by Gasteiger charge is -2.31. The second-order valence-electron chi connectivity index (χ2n) is 7.96. The molecule has 5 nitrogen and oxygen atoms in total. The van der Waals surface area contributed by atoms with Crippen LogP contribution in [0.2, 0.25) is 0 Å². The van der Waals surface area contributed by atoms with E-state index in [1.165, 1.54) is 11.1 Å². The maximum Gasteiger partial charge on any atom is 0.191 e. The minimum absolute atomic E-state index is 0. The third-order valence-electron chi connectivity index (χ3n) is 5.83. The molecule has 1 heterocycles. The highest BCUT2D eigenvalue weighted by Gasteiger charge is 2.28. The summed E-state index contributed by atoms with van der Waals surface area (Å²) in [7, 11) is 0. The Hall–Kier alpha value is -0.860. The molecular formula is C22H36IN3O2. The van der Waals surface area contributed by atoms with Crippen molar-refractivity contribution in [3.63, 3.8) is 0 Å². The molecule has 0 bridgehead atoms. The normalized spacial score (nSPS) is 27.9. The van der Waals surface area contributed by atoms with Gasteiger partial charge in [-0.25, -0.2) is 0 Å². The van der Waals surface area contributed by atoms with Gasteiger partial charge >= 0.3 is 0 Å². The van der Waals surface area contributed by atoms with E-state index in [2.05, 4.69) is 48.7 Å². The highest BCUT2D eigenvalue weighted by molar-refractivity contribution is 14.0. The van der Waals surface area contributed by atoms with Crippen molar-refractivity contribution < 1.29 is 9.84 Å². The number of rotatable bonds is 6. The molecule has 6 heteroatoms. The van der Waals surface area contributed by atoms with E-state index in [4.69, 9.17) is 9.73 Å². The zero-order valence-corrected chi connectivity index (χ0v) is 19.5. The van der Waals surface area contributed by atoms with Crippen LogP contribution in [0.4, 0.5) is 0 Å². The highest BCUT2D eigenvalue weighted by atomic mass is 127. The van der Waals surface area contributed by atoms with E-state index in [-0.39, 0.29) is 36.2 Å². The number of aliphatic hydroxyl groups is 1. The summed E-state index contributed by atoms with van der Waals surface area (Å²) in [4.78, 5) is 4.85. The number of guanidine groups is 1. The molecular weight excluding hydrogens is 465 g/mol. The summed E-state index contributed by atoms with van der Waals surface area (Å²) >= 11 is 0. The lowest BCUT2D eigenvalue weighted by atomic mass is 9.89. The van der Waals surface area contributed by atoms with Crippen LogP contribution in [-0.2, 0) is 4.74 Å². The molecule has 4 unspecified atom stereocenters. The fourth-order valence-corrected chi connectivity index (χ4v) is 4.19. The van der Waals surface area contributed by atoms with Gasteiger partial charge < -0.3 is 20.5 Å². The average molecular weight is 501 g/mol. The Kier molecular flexibility index (Phi) is 10.0. The Bertz CT molecular complexity index is 608. The van der Waals surface area contributed by atoms with Crippen molar-refractivity contribution in [3.05, 3.63) is 35.4 Å². The summed E-state index contributed by atoms with van der Waals surface area (Å²) in [5, 5.41) is 16.8. The predicted molar refractivity (Wildman–Crippen MR) is 125 cm³/mol. The van der Waals surface area contributed by atoms with Gasteiger partial charge in [-0.2, -0.15) is 0 Å². The summed E-state index contributed by atoms with van der Waals surface area (Å²) in [6.07, 6.45) is 5.35. The predicted octanol–water partition coefficient (Wildman–Crippen LogP) is 3.80. The largest absolute Gasteiger partial charge is 0.393 e. The zero-order valence-electron chi connectivity index (χ0n) is 17.2. The number of nitrogens with zero attached hydrogens (tertiary/aromatic N) is 1. The van der Waals surface area contributed by atoms with Gasteiger partial charge in [-0.1, -0.05) is 36.2 Å². The fourth-order valence-electron chi connectivity index (χ4n) is 4.19. The van der Waals surface area contributed by atoms with E-state index in [0.717, 1.165) is 64.3 Å². The maximum absolute atomic E-state index is 10.0. The molecule has 0 spiro atoms. The van der Waals surface area contributed by atoms with E-state index in [9.17, 15) is 5.11 Å². The second-order valence-corrected chi connectivity index (χ2v) is 7.96. The molecule has 28 heavy (non-hydrogen) atoms. The standard InChI is InChI=1S/C22H35N3O2.HI/c1-3-23-22(24-14-18-6-4-8-20(18)26)25-15-19-7-5-13-27-21(19)17-11-9-16(2)10-12-17;/h9-12,18-21,26H,3-8,13-15H2,1-2H3,(H2,23,24,25);1H. The molecule has 158 valence electrons. The molecule has 0 aromatic heterocycles. The van der Waals surface area contributed by atoms with Gasteiger partial charge in [-0.3, -0.25) is 4.99 Å². The topological polar surface area (TPSA) is 65.9 Å². The van der Waals surface area contributed by atoms with E-state index in [1.54, 1.807) is 0 Å². The lowest BCUT2D eigenvalue weighted by Crippen LogP contribution is -2.41. The fraction of sp³-hybridized carbons (Fsp3) is 0.682. The van der Waals surface area contributed by atoms with Crippen LogP contribution < -0.4 is 10.6 Å². The number of ether oxygens (including phenoxy) is 1. The smallest absolute Gasteiger partial charge is 0.191 e. The molecule has 2 aliphatic rings. The Labute approximate surface area is 186 Å². The van der Waals surface area contributed by atoms with Crippen LogP contribution in [-0.4, -0.2) is 43.4 Å². The van der Waals surface area contributed by atoms with Crippen molar-refractivity contribution in [2.75, 3.05) is 26.2 Å². The van der Waals surface area contributed by atoms with Crippen molar-refractivity contribution >= 4 is 29.9 Å². The van der Waals surface area contributed by atoms with Gasteiger partial charge in [0, 0.05) is 38.1 Å². The van der Waals surface area contributed by atoms with Crippen molar-refractivity contribution in [1.29, 1.82) is 0 Å². The highest BCUT2D eigenvalue weighted by Crippen LogP contribution is 2.34. The van der Waals surface area contributed by atoms with Crippen molar-refractivity contribution in [3.8, 4) is 0 Å². The van der Waals surface area contributed by atoms with Gasteiger partial charge in [-0.15, -0.1) is 24.0 Å². The number of aliphatic hydroxyl groups excluding tert-OH is 1. The molecule has 3 rings (SSSR count). The molecule has 0 amide bonds. The SMILES string of the molecule is CCNC(=NCC1CCCOC1c1ccc(C)cc1)NCC1CCCC1O.I.